The lowest BCUT2D eigenvalue weighted by Crippen LogP contribution is -2.60. The molecule has 0 atom stereocenters. The van der Waals surface area contributed by atoms with Crippen LogP contribution >= 0.6 is 0 Å². The van der Waals surface area contributed by atoms with Crippen LogP contribution in [-0.2, 0) is 4.79 Å². The first-order valence-electron chi connectivity index (χ1n) is 12.6. The quantitative estimate of drug-likeness (QED) is 0.394. The smallest absolute Gasteiger partial charge is 0.259 e. The van der Waals surface area contributed by atoms with Crippen LogP contribution < -0.4 is 10.2 Å². The molecule has 0 radical (unpaired) electrons. The van der Waals surface area contributed by atoms with E-state index in [1.807, 2.05) is 62.4 Å². The van der Waals surface area contributed by atoms with E-state index in [4.69, 9.17) is 0 Å². The van der Waals surface area contributed by atoms with Crippen molar-refractivity contribution < 1.29 is 9.59 Å². The second kappa shape index (κ2) is 10.3. The molecule has 3 aromatic carbocycles. The van der Waals surface area contributed by atoms with E-state index in [2.05, 4.69) is 20.8 Å². The van der Waals surface area contributed by atoms with Gasteiger partial charge in [-0.2, -0.15) is 0 Å². The predicted octanol–water partition coefficient (Wildman–Crippen LogP) is 5.27. The van der Waals surface area contributed by atoms with Crippen LogP contribution in [0.25, 0.3) is 5.69 Å². The van der Waals surface area contributed by atoms with Gasteiger partial charge in [0.15, 0.2) is 0 Å². The van der Waals surface area contributed by atoms with Gasteiger partial charge in [-0.1, -0.05) is 54.7 Å². The number of nitrogens with zero attached hydrogens (tertiary/aromatic N) is 5. The molecule has 188 valence electrons. The van der Waals surface area contributed by atoms with Gasteiger partial charge < -0.3 is 5.32 Å². The van der Waals surface area contributed by atoms with Crippen molar-refractivity contribution in [3.63, 3.8) is 0 Å². The van der Waals surface area contributed by atoms with Crippen molar-refractivity contribution in [2.24, 2.45) is 0 Å². The van der Waals surface area contributed by atoms with E-state index in [0.717, 1.165) is 41.8 Å². The maximum Gasteiger partial charge on any atom is 0.259 e. The molecule has 8 nitrogen and oxygen atoms in total. The van der Waals surface area contributed by atoms with Crippen molar-refractivity contribution in [1.29, 1.82) is 0 Å². The zero-order valence-corrected chi connectivity index (χ0v) is 21.1. The highest BCUT2D eigenvalue weighted by molar-refractivity contribution is 6.13. The van der Waals surface area contributed by atoms with Crippen molar-refractivity contribution >= 4 is 23.2 Å². The molecule has 1 saturated carbocycles. The Morgan fingerprint density at radius 3 is 2.05 bits per heavy atom. The summed E-state index contributed by atoms with van der Waals surface area (Å²) in [7, 11) is 0. The molecule has 4 aromatic rings. The number of aryl methyl sites for hydroxylation is 2. The van der Waals surface area contributed by atoms with Gasteiger partial charge in [-0.25, -0.2) is 4.68 Å². The van der Waals surface area contributed by atoms with E-state index in [1.54, 1.807) is 29.2 Å². The van der Waals surface area contributed by atoms with Crippen molar-refractivity contribution in [2.45, 2.75) is 51.5 Å². The van der Waals surface area contributed by atoms with Crippen molar-refractivity contribution in [3.8, 4) is 5.69 Å². The molecule has 8 heteroatoms. The lowest BCUT2D eigenvalue weighted by molar-refractivity contribution is -0.122. The van der Waals surface area contributed by atoms with Gasteiger partial charge in [0.2, 0.25) is 0 Å². The molecule has 0 spiro atoms. The van der Waals surface area contributed by atoms with E-state index in [0.29, 0.717) is 24.1 Å². The Morgan fingerprint density at radius 2 is 1.46 bits per heavy atom. The summed E-state index contributed by atoms with van der Waals surface area (Å²) in [6.07, 6.45) is 5.46. The molecule has 5 rings (SSSR count). The molecule has 0 aliphatic heterocycles. The minimum atomic E-state index is -1.01. The Kier molecular flexibility index (Phi) is 6.81. The number of benzene rings is 3. The number of tetrazole rings is 1. The zero-order chi connectivity index (χ0) is 25.8. The minimum absolute atomic E-state index is 0.157. The molecule has 1 fully saturated rings. The van der Waals surface area contributed by atoms with Crippen LogP contribution in [0.5, 0.6) is 0 Å². The number of nitrogens with one attached hydrogen (secondary N) is 1. The highest BCUT2D eigenvalue weighted by Crippen LogP contribution is 2.39. The first kappa shape index (κ1) is 24.4. The van der Waals surface area contributed by atoms with Crippen LogP contribution in [0.3, 0.4) is 0 Å². The molecule has 1 aliphatic carbocycles. The van der Waals surface area contributed by atoms with Gasteiger partial charge in [-0.15, -0.1) is 5.10 Å². The maximum absolute atomic E-state index is 14.2. The molecule has 1 heterocycles. The SMILES string of the molecule is Cc1ccc(NC(=O)C2(N(C(=O)c3ccc(-n4cnnn4)cc3)c3ccc(C)cc3)CCCCC2)cc1. The first-order valence-corrected chi connectivity index (χ1v) is 12.6. The fraction of sp³-hybridized carbons (Fsp3) is 0.276. The van der Waals surface area contributed by atoms with Crippen LogP contribution in [0.15, 0.2) is 79.1 Å². The van der Waals surface area contributed by atoms with E-state index in [-0.39, 0.29) is 11.8 Å². The Bertz CT molecular complexity index is 1360. The van der Waals surface area contributed by atoms with Gasteiger partial charge in [0, 0.05) is 16.9 Å². The zero-order valence-electron chi connectivity index (χ0n) is 21.1. The Morgan fingerprint density at radius 1 is 0.838 bits per heavy atom. The number of carbonyl (C=O) groups excluding carboxylic acids is 2. The molecular weight excluding hydrogens is 464 g/mol. The van der Waals surface area contributed by atoms with E-state index in [1.165, 1.54) is 11.0 Å². The lowest BCUT2D eigenvalue weighted by atomic mass is 9.78. The number of hydrogen-bond acceptors (Lipinski definition) is 5. The topological polar surface area (TPSA) is 93.0 Å². The Labute approximate surface area is 216 Å². The second-order valence-corrected chi connectivity index (χ2v) is 9.69. The largest absolute Gasteiger partial charge is 0.324 e. The van der Waals surface area contributed by atoms with Gasteiger partial charge in [0.1, 0.15) is 11.9 Å². The maximum atomic E-state index is 14.2. The molecule has 37 heavy (non-hydrogen) atoms. The fourth-order valence-corrected chi connectivity index (χ4v) is 4.99. The average molecular weight is 495 g/mol. The van der Waals surface area contributed by atoms with Gasteiger partial charge in [0.05, 0.1) is 5.69 Å². The summed E-state index contributed by atoms with van der Waals surface area (Å²) in [6, 6.07) is 22.7. The third-order valence-electron chi connectivity index (χ3n) is 7.06. The monoisotopic (exact) mass is 494 g/mol. The van der Waals surface area contributed by atoms with Crippen LogP contribution in [0.2, 0.25) is 0 Å². The first-order chi connectivity index (χ1) is 18.0. The third-order valence-corrected chi connectivity index (χ3v) is 7.06. The van der Waals surface area contributed by atoms with Gasteiger partial charge in [0.25, 0.3) is 11.8 Å². The van der Waals surface area contributed by atoms with Gasteiger partial charge in [-0.05, 0) is 85.6 Å². The number of aromatic nitrogens is 4. The van der Waals surface area contributed by atoms with Crippen molar-refractivity contribution in [1.82, 2.24) is 20.2 Å². The Hall–Kier alpha value is -4.33. The summed E-state index contributed by atoms with van der Waals surface area (Å²) < 4.78 is 1.53. The van der Waals surface area contributed by atoms with E-state index in [9.17, 15) is 9.59 Å². The van der Waals surface area contributed by atoms with E-state index >= 15 is 0 Å². The summed E-state index contributed by atoms with van der Waals surface area (Å²) in [5, 5.41) is 14.4. The highest BCUT2D eigenvalue weighted by atomic mass is 16.2. The molecular formula is C29H30N6O2. The summed E-state index contributed by atoms with van der Waals surface area (Å²) in [4.78, 5) is 30.0. The molecule has 1 aromatic heterocycles. The highest BCUT2D eigenvalue weighted by Gasteiger charge is 2.48. The molecule has 1 aliphatic rings. The molecule has 0 unspecified atom stereocenters. The third kappa shape index (κ3) is 5.00. The summed E-state index contributed by atoms with van der Waals surface area (Å²) in [5.41, 5.74) is 3.86. The van der Waals surface area contributed by atoms with Crippen LogP contribution in [0.4, 0.5) is 11.4 Å². The number of hydrogen-bond donors (Lipinski definition) is 1. The summed E-state index contributed by atoms with van der Waals surface area (Å²) in [6.45, 7) is 4.02. The lowest BCUT2D eigenvalue weighted by Gasteiger charge is -2.45. The van der Waals surface area contributed by atoms with Crippen LogP contribution in [0, 0.1) is 13.8 Å². The molecule has 2 amide bonds. The number of anilines is 2. The molecule has 0 saturated heterocycles. The van der Waals surface area contributed by atoms with Gasteiger partial charge >= 0.3 is 0 Å². The van der Waals surface area contributed by atoms with Crippen LogP contribution in [-0.4, -0.2) is 37.6 Å². The number of amides is 2. The minimum Gasteiger partial charge on any atom is -0.324 e. The fourth-order valence-electron chi connectivity index (χ4n) is 4.99. The molecule has 1 N–H and O–H groups in total. The number of carbonyl (C=O) groups is 2. The normalized spacial score (nSPS) is 14.6. The predicted molar refractivity (Wildman–Crippen MR) is 143 cm³/mol. The van der Waals surface area contributed by atoms with Crippen molar-refractivity contribution in [2.75, 3.05) is 10.2 Å². The number of rotatable bonds is 6. The second-order valence-electron chi connectivity index (χ2n) is 9.69. The molecule has 0 bridgehead atoms. The van der Waals surface area contributed by atoms with E-state index < -0.39 is 5.54 Å². The Balaban J connectivity index is 1.55. The standard InChI is InChI=1S/C29H30N6O2/c1-21-6-12-24(13-7-21)31-28(37)29(18-4-3-5-19-29)35(26-14-8-22(2)9-15-26)27(36)23-10-16-25(17-11-23)34-20-30-32-33-34/h6-17,20H,3-5,18-19H2,1-2H3,(H,31,37). The van der Waals surface area contributed by atoms with Crippen LogP contribution in [0.1, 0.15) is 53.6 Å². The summed E-state index contributed by atoms with van der Waals surface area (Å²) in [5.74, 6) is -0.372. The summed E-state index contributed by atoms with van der Waals surface area (Å²) >= 11 is 0. The van der Waals surface area contributed by atoms with Gasteiger partial charge in [-0.3, -0.25) is 14.5 Å². The average Bonchev–Trinajstić information content (AvgIpc) is 3.47. The van der Waals surface area contributed by atoms with Crippen molar-refractivity contribution in [3.05, 3.63) is 95.8 Å².